The number of hydrogen-bond donors (Lipinski definition) is 1. The first-order valence-electron chi connectivity index (χ1n) is 9.78. The number of nitrogens with zero attached hydrogens (tertiary/aromatic N) is 1. The lowest BCUT2D eigenvalue weighted by molar-refractivity contribution is -0.149. The third kappa shape index (κ3) is 4.16. The van der Waals surface area contributed by atoms with Gasteiger partial charge < -0.3 is 14.7 Å². The van der Waals surface area contributed by atoms with Crippen LogP contribution < -0.4 is 0 Å². The minimum absolute atomic E-state index is 0.0222. The number of fused-ring (bicyclic) bond motifs is 1. The summed E-state index contributed by atoms with van der Waals surface area (Å²) in [7, 11) is 0. The number of rotatable bonds is 4. The third-order valence-electron chi connectivity index (χ3n) is 5.52. The van der Waals surface area contributed by atoms with Gasteiger partial charge in [0.25, 0.3) is 5.91 Å². The molecule has 0 aromatic heterocycles. The van der Waals surface area contributed by atoms with Crippen LogP contribution in [-0.2, 0) is 16.1 Å². The molecule has 5 nitrogen and oxygen atoms in total. The number of benzene rings is 2. The molecule has 1 N–H and O–H groups in total. The molecule has 6 heteroatoms. The van der Waals surface area contributed by atoms with Crippen molar-refractivity contribution in [1.29, 1.82) is 0 Å². The van der Waals surface area contributed by atoms with Gasteiger partial charge in [-0.1, -0.05) is 30.7 Å². The second-order valence-electron chi connectivity index (χ2n) is 7.51. The summed E-state index contributed by atoms with van der Waals surface area (Å²) in [5, 5.41) is 9.04. The van der Waals surface area contributed by atoms with Crippen molar-refractivity contribution in [2.45, 2.75) is 44.4 Å². The van der Waals surface area contributed by atoms with Gasteiger partial charge in [0.05, 0.1) is 11.6 Å². The van der Waals surface area contributed by atoms with Crippen molar-refractivity contribution in [3.8, 4) is 0 Å². The van der Waals surface area contributed by atoms with E-state index in [-0.39, 0.29) is 35.2 Å². The molecule has 1 aliphatic heterocycles. The summed E-state index contributed by atoms with van der Waals surface area (Å²) < 4.78 is 19.7. The van der Waals surface area contributed by atoms with E-state index in [1.165, 1.54) is 24.3 Å². The lowest BCUT2D eigenvalue weighted by Crippen LogP contribution is -2.54. The van der Waals surface area contributed by atoms with E-state index in [9.17, 15) is 14.0 Å². The van der Waals surface area contributed by atoms with Gasteiger partial charge in [-0.05, 0) is 60.7 Å². The summed E-state index contributed by atoms with van der Waals surface area (Å²) in [4.78, 5) is 26.0. The van der Waals surface area contributed by atoms with Gasteiger partial charge in [-0.2, -0.15) is 0 Å². The van der Waals surface area contributed by atoms with Crippen molar-refractivity contribution >= 4 is 18.0 Å². The molecular weight excluding hydrogens is 373 g/mol. The number of aromatic carboxylic acids is 1. The van der Waals surface area contributed by atoms with Crippen LogP contribution in [-0.4, -0.2) is 34.0 Å². The van der Waals surface area contributed by atoms with Crippen LogP contribution in [0.5, 0.6) is 0 Å². The molecular formula is C23H22FNO4. The van der Waals surface area contributed by atoms with Crippen LogP contribution in [0.4, 0.5) is 4.39 Å². The molecule has 4 rings (SSSR count). The van der Waals surface area contributed by atoms with Crippen molar-refractivity contribution in [2.75, 3.05) is 0 Å². The summed E-state index contributed by atoms with van der Waals surface area (Å²) >= 11 is 0. The fourth-order valence-corrected chi connectivity index (χ4v) is 4.07. The Morgan fingerprint density at radius 1 is 1.17 bits per heavy atom. The Hall–Kier alpha value is -3.15. The highest BCUT2D eigenvalue weighted by Gasteiger charge is 2.41. The van der Waals surface area contributed by atoms with Crippen LogP contribution in [0.2, 0.25) is 0 Å². The van der Waals surface area contributed by atoms with E-state index >= 15 is 0 Å². The molecule has 2 unspecified atom stereocenters. The molecule has 29 heavy (non-hydrogen) atoms. The predicted octanol–water partition coefficient (Wildman–Crippen LogP) is 4.24. The van der Waals surface area contributed by atoms with E-state index in [0.717, 1.165) is 31.2 Å². The van der Waals surface area contributed by atoms with E-state index < -0.39 is 5.97 Å². The Bertz CT molecular complexity index is 954. The van der Waals surface area contributed by atoms with Crippen molar-refractivity contribution < 1.29 is 23.8 Å². The van der Waals surface area contributed by atoms with Crippen LogP contribution in [0.1, 0.15) is 47.2 Å². The number of ether oxygens (including phenoxy) is 1. The number of carbonyl (C=O) groups excluding carboxylic acids is 1. The molecule has 2 aliphatic rings. The fraction of sp³-hybridized carbons (Fsp3) is 0.304. The first kappa shape index (κ1) is 19.2. The molecule has 0 spiro atoms. The third-order valence-corrected chi connectivity index (χ3v) is 5.52. The number of hydrogen-bond acceptors (Lipinski definition) is 3. The summed E-state index contributed by atoms with van der Waals surface area (Å²) in [6.45, 7) is 0.330. The van der Waals surface area contributed by atoms with E-state index in [0.29, 0.717) is 12.1 Å². The number of carboxylic acid groups (broad SMARTS) is 1. The van der Waals surface area contributed by atoms with Crippen LogP contribution in [0.3, 0.4) is 0 Å². The smallest absolute Gasteiger partial charge is 0.335 e. The Morgan fingerprint density at radius 3 is 2.66 bits per heavy atom. The zero-order chi connectivity index (χ0) is 20.4. The maximum absolute atomic E-state index is 13.6. The monoisotopic (exact) mass is 395 g/mol. The molecule has 1 aliphatic carbocycles. The molecule has 1 heterocycles. The van der Waals surface area contributed by atoms with Crippen molar-refractivity contribution in [2.24, 2.45) is 0 Å². The maximum Gasteiger partial charge on any atom is 0.335 e. The van der Waals surface area contributed by atoms with E-state index in [1.807, 2.05) is 6.07 Å². The van der Waals surface area contributed by atoms with Crippen LogP contribution >= 0.6 is 0 Å². The first-order valence-corrected chi connectivity index (χ1v) is 9.78. The zero-order valence-corrected chi connectivity index (χ0v) is 15.9. The van der Waals surface area contributed by atoms with Gasteiger partial charge in [-0.25, -0.2) is 9.18 Å². The molecule has 0 bridgehead atoms. The van der Waals surface area contributed by atoms with Gasteiger partial charge in [0.1, 0.15) is 11.9 Å². The van der Waals surface area contributed by atoms with E-state index in [4.69, 9.17) is 9.84 Å². The normalized spacial score (nSPS) is 22.9. The second-order valence-corrected chi connectivity index (χ2v) is 7.51. The molecule has 2 aromatic rings. The van der Waals surface area contributed by atoms with Crippen molar-refractivity contribution in [1.82, 2.24) is 4.90 Å². The van der Waals surface area contributed by atoms with Gasteiger partial charge in [0.15, 0.2) is 5.76 Å². The molecule has 2 atom stereocenters. The highest BCUT2D eigenvalue weighted by molar-refractivity contribution is 5.97. The molecule has 2 fully saturated rings. The second kappa shape index (κ2) is 8.07. The van der Waals surface area contributed by atoms with Gasteiger partial charge in [-0.15, -0.1) is 0 Å². The van der Waals surface area contributed by atoms with E-state index in [2.05, 4.69) is 0 Å². The average Bonchev–Trinajstić information content (AvgIpc) is 2.71. The molecule has 150 valence electrons. The topological polar surface area (TPSA) is 66.8 Å². The standard InChI is InChI=1S/C23H22FNO4/c24-18-5-3-4-16(12-18)14-25-19-6-1-2-7-20(19)29-21(22(25)26)13-15-8-10-17(11-9-15)23(27)28/h3-5,8-13,19-20H,1-2,6-7,14H2,(H,27,28)/b21-13+. The average molecular weight is 395 g/mol. The lowest BCUT2D eigenvalue weighted by Gasteiger charge is -2.44. The molecule has 0 radical (unpaired) electrons. The summed E-state index contributed by atoms with van der Waals surface area (Å²) in [5.74, 6) is -1.30. The predicted molar refractivity (Wildman–Crippen MR) is 105 cm³/mol. The zero-order valence-electron chi connectivity index (χ0n) is 15.9. The molecule has 1 saturated heterocycles. The number of morpholine rings is 1. The Morgan fingerprint density at radius 2 is 1.93 bits per heavy atom. The van der Waals surface area contributed by atoms with Gasteiger partial charge in [-0.3, -0.25) is 4.79 Å². The Labute approximate surface area is 168 Å². The van der Waals surface area contributed by atoms with Gasteiger partial charge >= 0.3 is 5.97 Å². The number of carboxylic acids is 1. The fourth-order valence-electron chi connectivity index (χ4n) is 4.07. The van der Waals surface area contributed by atoms with Gasteiger partial charge in [0.2, 0.25) is 0 Å². The van der Waals surface area contributed by atoms with Crippen LogP contribution in [0.15, 0.2) is 54.3 Å². The molecule has 1 saturated carbocycles. The Kier molecular flexibility index (Phi) is 5.34. The van der Waals surface area contributed by atoms with Crippen LogP contribution in [0, 0.1) is 5.82 Å². The highest BCUT2D eigenvalue weighted by atomic mass is 19.1. The van der Waals surface area contributed by atoms with Crippen molar-refractivity contribution in [3.63, 3.8) is 0 Å². The largest absolute Gasteiger partial charge is 0.482 e. The lowest BCUT2D eigenvalue weighted by atomic mass is 9.89. The minimum Gasteiger partial charge on any atom is -0.482 e. The molecule has 1 amide bonds. The summed E-state index contributed by atoms with van der Waals surface area (Å²) in [6.07, 6.45) is 5.38. The van der Waals surface area contributed by atoms with Crippen molar-refractivity contribution in [3.05, 3.63) is 76.8 Å². The summed E-state index contributed by atoms with van der Waals surface area (Å²) in [6, 6.07) is 12.6. The molecule has 2 aromatic carbocycles. The maximum atomic E-state index is 13.6. The quantitative estimate of drug-likeness (QED) is 0.787. The minimum atomic E-state index is -1.000. The van der Waals surface area contributed by atoms with Gasteiger partial charge in [0, 0.05) is 6.54 Å². The van der Waals surface area contributed by atoms with Crippen LogP contribution in [0.25, 0.3) is 6.08 Å². The first-order chi connectivity index (χ1) is 14.0. The number of carbonyl (C=O) groups is 2. The number of halogens is 1. The Balaban J connectivity index is 1.63. The summed E-state index contributed by atoms with van der Waals surface area (Å²) in [5.41, 5.74) is 1.62. The number of amides is 1. The highest BCUT2D eigenvalue weighted by Crippen LogP contribution is 2.34. The SMILES string of the molecule is O=C(O)c1ccc(/C=C2/OC3CCCCC3N(Cc3cccc(F)c3)C2=O)cc1. The van der Waals surface area contributed by atoms with E-state index in [1.54, 1.807) is 29.2 Å².